The lowest BCUT2D eigenvalue weighted by Crippen LogP contribution is -2.17. The number of aryl methyl sites for hydroxylation is 2. The molecule has 0 bridgehead atoms. The Morgan fingerprint density at radius 3 is 2.30 bits per heavy atom. The van der Waals surface area contributed by atoms with Crippen molar-refractivity contribution in [1.82, 2.24) is 9.97 Å². The maximum atomic E-state index is 13.4. The molecule has 4 rings (SSSR count). The van der Waals surface area contributed by atoms with Crippen molar-refractivity contribution in [2.75, 3.05) is 16.6 Å². The van der Waals surface area contributed by atoms with Crippen LogP contribution < -0.4 is 14.8 Å². The van der Waals surface area contributed by atoms with Crippen molar-refractivity contribution in [3.05, 3.63) is 76.3 Å². The van der Waals surface area contributed by atoms with Crippen molar-refractivity contribution < 1.29 is 13.2 Å². The number of anilines is 3. The molecule has 0 amide bonds. The highest BCUT2D eigenvalue weighted by Crippen LogP contribution is 2.32. The fraction of sp³-hybridized carbons (Fsp3) is 0.167. The highest BCUT2D eigenvalue weighted by Gasteiger charge is 2.23. The Morgan fingerprint density at radius 1 is 0.939 bits per heavy atom. The molecular weight excluding hydrogens is 504 g/mol. The van der Waals surface area contributed by atoms with Crippen molar-refractivity contribution in [2.45, 2.75) is 25.7 Å². The predicted molar refractivity (Wildman–Crippen MR) is 135 cm³/mol. The number of sulfonamides is 1. The summed E-state index contributed by atoms with van der Waals surface area (Å²) in [5.41, 5.74) is 4.15. The molecule has 0 radical (unpaired) electrons. The maximum absolute atomic E-state index is 13.4. The van der Waals surface area contributed by atoms with Crippen molar-refractivity contribution in [3.8, 4) is 5.75 Å². The lowest BCUT2D eigenvalue weighted by molar-refractivity contribution is 0.331. The molecule has 170 valence electrons. The fourth-order valence-corrected chi connectivity index (χ4v) is 5.08. The molecule has 0 aliphatic carbocycles. The third-order valence-corrected chi connectivity index (χ3v) is 6.79. The molecule has 0 saturated carbocycles. The van der Waals surface area contributed by atoms with Crippen LogP contribution in [-0.4, -0.2) is 25.0 Å². The van der Waals surface area contributed by atoms with E-state index in [0.29, 0.717) is 27.9 Å². The zero-order valence-electron chi connectivity index (χ0n) is 18.4. The number of aromatic nitrogens is 2. The molecule has 0 aliphatic rings. The van der Waals surface area contributed by atoms with Gasteiger partial charge in [-0.25, -0.2) is 18.4 Å². The van der Waals surface area contributed by atoms with Gasteiger partial charge in [0.2, 0.25) is 0 Å². The maximum Gasteiger partial charge on any atom is 0.266 e. The number of nitrogens with zero attached hydrogens (tertiary/aromatic N) is 2. The molecule has 0 spiro atoms. The number of hydrogen-bond donors (Lipinski definition) is 2. The van der Waals surface area contributed by atoms with E-state index in [1.54, 1.807) is 25.1 Å². The Balaban J connectivity index is 1.81. The minimum Gasteiger partial charge on any atom is -0.492 e. The van der Waals surface area contributed by atoms with Crippen LogP contribution in [0.15, 0.2) is 70.0 Å². The van der Waals surface area contributed by atoms with E-state index in [9.17, 15) is 8.42 Å². The molecule has 1 aromatic heterocycles. The minimum atomic E-state index is -4.04. The Labute approximate surface area is 201 Å². The SMILES string of the molecule is CCOc1ccc(Br)cc1S(=O)(=O)Nc1nc2ccccc2nc1Nc1ccc(C)cc1C. The van der Waals surface area contributed by atoms with Crippen LogP contribution in [0.2, 0.25) is 0 Å². The summed E-state index contributed by atoms with van der Waals surface area (Å²) < 4.78 is 35.6. The van der Waals surface area contributed by atoms with Crippen LogP contribution in [0.1, 0.15) is 18.1 Å². The normalized spacial score (nSPS) is 11.4. The van der Waals surface area contributed by atoms with Gasteiger partial charge in [-0.05, 0) is 62.7 Å². The van der Waals surface area contributed by atoms with Gasteiger partial charge in [0.15, 0.2) is 11.6 Å². The summed E-state index contributed by atoms with van der Waals surface area (Å²) in [6.45, 7) is 6.12. The molecule has 0 aliphatic heterocycles. The first kappa shape index (κ1) is 23.0. The molecule has 0 unspecified atom stereocenters. The zero-order valence-corrected chi connectivity index (χ0v) is 20.8. The molecule has 33 heavy (non-hydrogen) atoms. The largest absolute Gasteiger partial charge is 0.492 e. The molecule has 4 aromatic rings. The molecule has 9 heteroatoms. The van der Waals surface area contributed by atoms with E-state index in [2.05, 4.69) is 35.9 Å². The van der Waals surface area contributed by atoms with Gasteiger partial charge in [-0.1, -0.05) is 45.8 Å². The van der Waals surface area contributed by atoms with Gasteiger partial charge in [0.25, 0.3) is 10.0 Å². The Morgan fingerprint density at radius 2 is 1.64 bits per heavy atom. The number of rotatable bonds is 7. The van der Waals surface area contributed by atoms with E-state index in [4.69, 9.17) is 4.74 Å². The van der Waals surface area contributed by atoms with Crippen molar-refractivity contribution >= 4 is 54.3 Å². The monoisotopic (exact) mass is 526 g/mol. The quantitative estimate of drug-likeness (QED) is 0.309. The van der Waals surface area contributed by atoms with Gasteiger partial charge in [0, 0.05) is 10.2 Å². The van der Waals surface area contributed by atoms with Crippen LogP contribution in [-0.2, 0) is 10.0 Å². The second kappa shape index (κ2) is 9.36. The van der Waals surface area contributed by atoms with E-state index in [1.165, 1.54) is 6.07 Å². The first-order valence-electron chi connectivity index (χ1n) is 10.3. The van der Waals surface area contributed by atoms with Gasteiger partial charge in [0.05, 0.1) is 17.6 Å². The summed E-state index contributed by atoms with van der Waals surface area (Å²) in [7, 11) is -4.04. The molecule has 3 aromatic carbocycles. The summed E-state index contributed by atoms with van der Waals surface area (Å²) in [5.74, 6) is 0.652. The van der Waals surface area contributed by atoms with Crippen LogP contribution in [0.3, 0.4) is 0 Å². The average Bonchev–Trinajstić information content (AvgIpc) is 2.77. The van der Waals surface area contributed by atoms with E-state index >= 15 is 0 Å². The number of nitrogens with one attached hydrogen (secondary N) is 2. The molecule has 0 atom stereocenters. The number of ether oxygens (including phenoxy) is 1. The van der Waals surface area contributed by atoms with E-state index < -0.39 is 10.0 Å². The van der Waals surface area contributed by atoms with Gasteiger partial charge >= 0.3 is 0 Å². The third kappa shape index (κ3) is 5.09. The van der Waals surface area contributed by atoms with Crippen LogP contribution in [0, 0.1) is 13.8 Å². The number of para-hydroxylation sites is 2. The van der Waals surface area contributed by atoms with Gasteiger partial charge < -0.3 is 10.1 Å². The van der Waals surface area contributed by atoms with Gasteiger partial charge in [-0.3, -0.25) is 4.72 Å². The lowest BCUT2D eigenvalue weighted by Gasteiger charge is -2.16. The van der Waals surface area contributed by atoms with Crippen LogP contribution in [0.5, 0.6) is 5.75 Å². The summed E-state index contributed by atoms with van der Waals surface area (Å²) in [5, 5.41) is 3.24. The van der Waals surface area contributed by atoms with Gasteiger partial charge in [-0.15, -0.1) is 0 Å². The molecule has 1 heterocycles. The Bertz CT molecular complexity index is 1440. The topological polar surface area (TPSA) is 93.2 Å². The van der Waals surface area contributed by atoms with E-state index in [1.807, 2.05) is 50.2 Å². The van der Waals surface area contributed by atoms with Crippen LogP contribution in [0.4, 0.5) is 17.3 Å². The second-order valence-electron chi connectivity index (χ2n) is 7.48. The number of hydrogen-bond acceptors (Lipinski definition) is 6. The lowest BCUT2D eigenvalue weighted by atomic mass is 10.1. The number of halogens is 1. The standard InChI is InChI=1S/C24H23BrN4O3S/c1-4-32-21-12-10-17(25)14-22(21)33(30,31)29-24-23(26-18-11-9-15(2)13-16(18)3)27-19-7-5-6-8-20(19)28-24/h5-14H,4H2,1-3H3,(H,26,27)(H,28,29). The molecule has 0 fully saturated rings. The molecule has 2 N–H and O–H groups in total. The zero-order chi connectivity index (χ0) is 23.6. The Kier molecular flexibility index (Phi) is 6.53. The summed E-state index contributed by atoms with van der Waals surface area (Å²) in [4.78, 5) is 9.21. The average molecular weight is 527 g/mol. The van der Waals surface area contributed by atoms with Crippen LogP contribution >= 0.6 is 15.9 Å². The van der Waals surface area contributed by atoms with E-state index in [-0.39, 0.29) is 16.5 Å². The minimum absolute atomic E-state index is 0.00569. The second-order valence-corrected chi connectivity index (χ2v) is 10.0. The third-order valence-electron chi connectivity index (χ3n) is 4.93. The number of fused-ring (bicyclic) bond motifs is 1. The highest BCUT2D eigenvalue weighted by molar-refractivity contribution is 9.10. The van der Waals surface area contributed by atoms with Crippen molar-refractivity contribution in [2.24, 2.45) is 0 Å². The smallest absolute Gasteiger partial charge is 0.266 e. The van der Waals surface area contributed by atoms with E-state index in [0.717, 1.165) is 16.8 Å². The van der Waals surface area contributed by atoms with Crippen LogP contribution in [0.25, 0.3) is 11.0 Å². The highest BCUT2D eigenvalue weighted by atomic mass is 79.9. The number of benzene rings is 3. The summed E-state index contributed by atoms with van der Waals surface area (Å²) in [6, 6.07) is 18.1. The first-order chi connectivity index (χ1) is 15.8. The van der Waals surface area contributed by atoms with Crippen molar-refractivity contribution in [3.63, 3.8) is 0 Å². The molecule has 0 saturated heterocycles. The van der Waals surface area contributed by atoms with Gasteiger partial charge in [-0.2, -0.15) is 0 Å². The fourth-order valence-electron chi connectivity index (χ4n) is 3.39. The Hall–Kier alpha value is -3.17. The summed E-state index contributed by atoms with van der Waals surface area (Å²) in [6.07, 6.45) is 0. The molecular formula is C24H23BrN4O3S. The first-order valence-corrected chi connectivity index (χ1v) is 12.6. The van der Waals surface area contributed by atoms with Gasteiger partial charge in [0.1, 0.15) is 10.6 Å². The van der Waals surface area contributed by atoms with Crippen molar-refractivity contribution in [1.29, 1.82) is 0 Å². The predicted octanol–water partition coefficient (Wildman–Crippen LogP) is 5.95. The summed E-state index contributed by atoms with van der Waals surface area (Å²) >= 11 is 3.34. The molecule has 7 nitrogen and oxygen atoms in total.